The molecule has 0 bridgehead atoms. The molecular formula is CH5FO3SYb. The van der Waals surface area contributed by atoms with Crippen molar-refractivity contribution in [3.63, 3.8) is 0 Å². The molecule has 0 atom stereocenters. The second kappa shape index (κ2) is 5.50. The SMILES string of the molecule is CS(=O)(=O)O.F.[Yb]. The fourth-order valence-electron chi connectivity index (χ4n) is 0. The third-order valence-corrected chi connectivity index (χ3v) is 0. The predicted octanol–water partition coefficient (Wildman–Crippen LogP) is -0.343. The molecular weight excluding hydrogens is 284 g/mol. The molecule has 0 spiro atoms. The normalized spacial score (nSPS) is 8.29. The first-order chi connectivity index (χ1) is 2.00. The van der Waals surface area contributed by atoms with Crippen molar-refractivity contribution < 1.29 is 64.6 Å². The van der Waals surface area contributed by atoms with Gasteiger partial charge in [-0.3, -0.25) is 9.26 Å². The van der Waals surface area contributed by atoms with Gasteiger partial charge in [0.15, 0.2) is 0 Å². The van der Waals surface area contributed by atoms with E-state index in [-0.39, 0.29) is 51.6 Å². The van der Waals surface area contributed by atoms with Crippen molar-refractivity contribution in [2.75, 3.05) is 6.26 Å². The minimum atomic E-state index is -3.67. The van der Waals surface area contributed by atoms with Crippen molar-refractivity contribution in [1.82, 2.24) is 0 Å². The quantitative estimate of drug-likeness (QED) is 0.621. The van der Waals surface area contributed by atoms with Crippen LogP contribution in [0.4, 0.5) is 4.70 Å². The van der Waals surface area contributed by atoms with E-state index in [1.54, 1.807) is 0 Å². The number of rotatable bonds is 0. The van der Waals surface area contributed by atoms with Crippen LogP contribution in [0.25, 0.3) is 0 Å². The Kier molecular flexibility index (Phi) is 12.4. The maximum absolute atomic E-state index is 9.19. The molecule has 0 saturated heterocycles. The molecule has 3 nitrogen and oxygen atoms in total. The molecule has 1 N–H and O–H groups in total. The Morgan fingerprint density at radius 1 is 1.43 bits per heavy atom. The average Bonchev–Trinajstić information content (AvgIpc) is 0.722. The maximum Gasteiger partial charge on any atom is 0.261 e. The molecule has 0 radical (unpaired) electrons. The molecule has 7 heavy (non-hydrogen) atoms. The van der Waals surface area contributed by atoms with Crippen LogP contribution in [0.15, 0.2) is 0 Å². The van der Waals surface area contributed by atoms with Gasteiger partial charge in [0.25, 0.3) is 10.1 Å². The second-order valence-corrected chi connectivity index (χ2v) is 2.20. The molecule has 0 aromatic carbocycles. The maximum atomic E-state index is 9.19. The van der Waals surface area contributed by atoms with Crippen LogP contribution in [0.3, 0.4) is 0 Å². The van der Waals surface area contributed by atoms with Crippen molar-refractivity contribution in [1.29, 1.82) is 0 Å². The van der Waals surface area contributed by atoms with Gasteiger partial charge >= 0.3 is 0 Å². The standard InChI is InChI=1S/CH4O3S.FH.Yb/c1-5(2,3)4;;/h1H3,(H,2,3,4);1H;. The first-order valence-corrected chi connectivity index (χ1v) is 2.77. The first kappa shape index (κ1) is 15.8. The van der Waals surface area contributed by atoms with Crippen LogP contribution in [0.2, 0.25) is 0 Å². The predicted molar refractivity (Wildman–Crippen MR) is 20.0 cm³/mol. The van der Waals surface area contributed by atoms with Gasteiger partial charge in [0.05, 0.1) is 6.26 Å². The van der Waals surface area contributed by atoms with E-state index in [4.69, 9.17) is 4.55 Å². The van der Waals surface area contributed by atoms with Gasteiger partial charge in [-0.1, -0.05) is 0 Å². The summed E-state index contributed by atoms with van der Waals surface area (Å²) >= 11 is 0. The Balaban J connectivity index is -0.0000000800. The van der Waals surface area contributed by atoms with Gasteiger partial charge in [-0.15, -0.1) is 0 Å². The summed E-state index contributed by atoms with van der Waals surface area (Å²) in [6.07, 6.45) is 0.715. The summed E-state index contributed by atoms with van der Waals surface area (Å²) in [6, 6.07) is 0. The molecule has 0 aliphatic heterocycles. The van der Waals surface area contributed by atoms with Gasteiger partial charge in [0.2, 0.25) is 0 Å². The molecule has 54 valence electrons. The number of hydrogen-bond acceptors (Lipinski definition) is 2. The molecule has 0 fully saturated rings. The third kappa shape index (κ3) is 114. The zero-order chi connectivity index (χ0) is 4.50. The summed E-state index contributed by atoms with van der Waals surface area (Å²) in [5, 5.41) is 0. The Bertz CT molecular complexity index is 98.1. The smallest absolute Gasteiger partial charge is 0.261 e. The van der Waals surface area contributed by atoms with Gasteiger partial charge in [0.1, 0.15) is 0 Å². The van der Waals surface area contributed by atoms with Crippen LogP contribution in [0.1, 0.15) is 0 Å². The summed E-state index contributed by atoms with van der Waals surface area (Å²) in [5.41, 5.74) is 0. The van der Waals surface area contributed by atoms with Crippen molar-refractivity contribution in [2.45, 2.75) is 0 Å². The minimum Gasteiger partial charge on any atom is -0.286 e. The van der Waals surface area contributed by atoms with Crippen LogP contribution in [0, 0.1) is 46.9 Å². The molecule has 0 unspecified atom stereocenters. The van der Waals surface area contributed by atoms with Gasteiger partial charge < -0.3 is 0 Å². The monoisotopic (exact) mass is 290 g/mol. The summed E-state index contributed by atoms with van der Waals surface area (Å²) < 4.78 is 25.9. The summed E-state index contributed by atoms with van der Waals surface area (Å²) in [6.45, 7) is 0. The summed E-state index contributed by atoms with van der Waals surface area (Å²) in [5.74, 6) is 0. The van der Waals surface area contributed by atoms with Gasteiger partial charge in [-0.2, -0.15) is 8.42 Å². The van der Waals surface area contributed by atoms with E-state index < -0.39 is 10.1 Å². The molecule has 0 aliphatic rings. The topological polar surface area (TPSA) is 54.4 Å². The molecule has 6 heteroatoms. The molecule has 0 aliphatic carbocycles. The van der Waals surface area contributed by atoms with E-state index >= 15 is 0 Å². The van der Waals surface area contributed by atoms with Gasteiger partial charge in [0, 0.05) is 46.9 Å². The van der Waals surface area contributed by atoms with Crippen molar-refractivity contribution in [3.05, 3.63) is 0 Å². The summed E-state index contributed by atoms with van der Waals surface area (Å²) in [4.78, 5) is 0. The molecule has 0 rings (SSSR count). The van der Waals surface area contributed by atoms with Crippen molar-refractivity contribution in [3.8, 4) is 0 Å². The average molecular weight is 289 g/mol. The zero-order valence-electron chi connectivity index (χ0n) is 3.35. The van der Waals surface area contributed by atoms with Crippen molar-refractivity contribution >= 4 is 10.1 Å². The third-order valence-electron chi connectivity index (χ3n) is 0. The number of hydrogen-bond donors (Lipinski definition) is 1. The van der Waals surface area contributed by atoms with E-state index in [0.29, 0.717) is 6.26 Å². The van der Waals surface area contributed by atoms with Crippen LogP contribution in [0.5, 0.6) is 0 Å². The first-order valence-electron chi connectivity index (χ1n) is 0.924. The van der Waals surface area contributed by atoms with Gasteiger partial charge in [-0.25, -0.2) is 0 Å². The molecule has 0 saturated carbocycles. The molecule has 0 heterocycles. The van der Waals surface area contributed by atoms with E-state index in [2.05, 4.69) is 0 Å². The van der Waals surface area contributed by atoms with Crippen LogP contribution in [-0.4, -0.2) is 19.2 Å². The second-order valence-electron chi connectivity index (χ2n) is 0.733. The Morgan fingerprint density at radius 3 is 1.43 bits per heavy atom. The zero-order valence-corrected chi connectivity index (χ0v) is 5.88. The van der Waals surface area contributed by atoms with Crippen LogP contribution < -0.4 is 0 Å². The van der Waals surface area contributed by atoms with E-state index in [9.17, 15) is 8.42 Å². The fourth-order valence-corrected chi connectivity index (χ4v) is 0. The van der Waals surface area contributed by atoms with Crippen LogP contribution >= 0.6 is 0 Å². The van der Waals surface area contributed by atoms with Crippen LogP contribution in [-0.2, 0) is 10.1 Å². The number of halogens is 1. The molecule has 0 amide bonds. The van der Waals surface area contributed by atoms with E-state index in [1.165, 1.54) is 0 Å². The Labute approximate surface area is 79.8 Å². The van der Waals surface area contributed by atoms with Gasteiger partial charge in [-0.05, 0) is 0 Å². The Hall–Kier alpha value is 1.36. The van der Waals surface area contributed by atoms with E-state index in [0.717, 1.165) is 0 Å². The minimum absolute atomic E-state index is 0. The fraction of sp³-hybridized carbons (Fsp3) is 1.00. The summed E-state index contributed by atoms with van der Waals surface area (Å²) in [7, 11) is -3.67. The van der Waals surface area contributed by atoms with Crippen molar-refractivity contribution in [2.24, 2.45) is 0 Å². The molecule has 0 aromatic rings. The Morgan fingerprint density at radius 2 is 1.43 bits per heavy atom. The molecule has 0 aromatic heterocycles. The largest absolute Gasteiger partial charge is 0.286 e. The van der Waals surface area contributed by atoms with E-state index in [1.807, 2.05) is 0 Å².